The van der Waals surface area contributed by atoms with Gasteiger partial charge in [0.1, 0.15) is 5.75 Å². The lowest BCUT2D eigenvalue weighted by atomic mass is 10.0. The number of rotatable bonds is 3. The fourth-order valence-corrected chi connectivity index (χ4v) is 2.93. The van der Waals surface area contributed by atoms with Crippen LogP contribution < -0.4 is 10.5 Å². The van der Waals surface area contributed by atoms with E-state index in [-0.39, 0.29) is 5.41 Å². The van der Waals surface area contributed by atoms with Gasteiger partial charge in [-0.15, -0.1) is 0 Å². The molecular formula is C13H18ClNO. The van der Waals surface area contributed by atoms with E-state index in [9.17, 15) is 0 Å². The normalized spacial score (nSPS) is 26.6. The van der Waals surface area contributed by atoms with Gasteiger partial charge in [0.15, 0.2) is 0 Å². The quantitative estimate of drug-likeness (QED) is 0.880. The fraction of sp³-hybridized carbons (Fsp3) is 0.538. The van der Waals surface area contributed by atoms with Crippen molar-refractivity contribution in [3.05, 3.63) is 28.8 Å². The molecule has 1 aliphatic rings. The Kier molecular flexibility index (Phi) is 2.89. The summed E-state index contributed by atoms with van der Waals surface area (Å²) < 4.78 is 5.39. The first-order valence-electron chi connectivity index (χ1n) is 5.56. The zero-order valence-corrected chi connectivity index (χ0v) is 10.7. The summed E-state index contributed by atoms with van der Waals surface area (Å²) in [6.07, 6.45) is 0. The van der Waals surface area contributed by atoms with Gasteiger partial charge < -0.3 is 10.5 Å². The molecule has 1 aromatic rings. The van der Waals surface area contributed by atoms with Crippen molar-refractivity contribution in [1.82, 2.24) is 0 Å². The van der Waals surface area contributed by atoms with Crippen LogP contribution in [0.15, 0.2) is 18.2 Å². The van der Waals surface area contributed by atoms with Crippen molar-refractivity contribution >= 4 is 11.6 Å². The Morgan fingerprint density at radius 1 is 1.44 bits per heavy atom. The molecule has 0 spiro atoms. The van der Waals surface area contributed by atoms with Gasteiger partial charge in [0, 0.05) is 5.02 Å². The Bertz CT molecular complexity index is 403. The van der Waals surface area contributed by atoms with E-state index in [4.69, 9.17) is 22.1 Å². The van der Waals surface area contributed by atoms with Crippen LogP contribution in [0.25, 0.3) is 0 Å². The third-order valence-electron chi connectivity index (χ3n) is 3.83. The van der Waals surface area contributed by atoms with Crippen LogP contribution in [0.2, 0.25) is 5.02 Å². The summed E-state index contributed by atoms with van der Waals surface area (Å²) in [7, 11) is 1.69. The molecule has 0 unspecified atom stereocenters. The minimum atomic E-state index is 0.257. The van der Waals surface area contributed by atoms with Crippen molar-refractivity contribution in [2.75, 3.05) is 13.7 Å². The summed E-state index contributed by atoms with van der Waals surface area (Å²) in [5, 5.41) is 0.759. The Hall–Kier alpha value is -0.730. The zero-order valence-electron chi connectivity index (χ0n) is 9.96. The highest BCUT2D eigenvalue weighted by molar-refractivity contribution is 6.30. The van der Waals surface area contributed by atoms with Crippen molar-refractivity contribution in [2.45, 2.75) is 19.8 Å². The first-order chi connectivity index (χ1) is 7.52. The van der Waals surface area contributed by atoms with Crippen LogP contribution in [-0.2, 0) is 0 Å². The Morgan fingerprint density at radius 3 is 2.62 bits per heavy atom. The van der Waals surface area contributed by atoms with E-state index in [1.54, 1.807) is 7.11 Å². The molecule has 0 bridgehead atoms. The number of halogens is 1. The molecule has 1 saturated carbocycles. The second-order valence-electron chi connectivity index (χ2n) is 5.03. The summed E-state index contributed by atoms with van der Waals surface area (Å²) in [6, 6.07) is 5.79. The lowest BCUT2D eigenvalue weighted by Gasteiger charge is -2.10. The minimum Gasteiger partial charge on any atom is -0.496 e. The van der Waals surface area contributed by atoms with E-state index in [1.165, 1.54) is 5.56 Å². The van der Waals surface area contributed by atoms with Crippen molar-refractivity contribution in [3.8, 4) is 5.75 Å². The largest absolute Gasteiger partial charge is 0.496 e. The Labute approximate surface area is 102 Å². The summed E-state index contributed by atoms with van der Waals surface area (Å²) in [5.74, 6) is 1.91. The van der Waals surface area contributed by atoms with Gasteiger partial charge in [0.25, 0.3) is 0 Å². The molecule has 1 fully saturated rings. The number of hydrogen-bond donors (Lipinski definition) is 1. The van der Waals surface area contributed by atoms with Crippen molar-refractivity contribution in [3.63, 3.8) is 0 Å². The number of ether oxygens (including phenoxy) is 1. The average molecular weight is 240 g/mol. The maximum atomic E-state index is 6.04. The van der Waals surface area contributed by atoms with Gasteiger partial charge >= 0.3 is 0 Å². The SMILES string of the molecule is COc1ccc(Cl)cc1[C@H]1[C@H](CN)C1(C)C. The molecule has 0 aliphatic heterocycles. The highest BCUT2D eigenvalue weighted by Gasteiger charge is 2.58. The summed E-state index contributed by atoms with van der Waals surface area (Å²) in [5.41, 5.74) is 7.24. The highest BCUT2D eigenvalue weighted by atomic mass is 35.5. The average Bonchev–Trinajstić information content (AvgIpc) is 2.80. The van der Waals surface area contributed by atoms with Gasteiger partial charge in [0.2, 0.25) is 0 Å². The minimum absolute atomic E-state index is 0.257. The third-order valence-corrected chi connectivity index (χ3v) is 4.07. The van der Waals surface area contributed by atoms with E-state index < -0.39 is 0 Å². The summed E-state index contributed by atoms with van der Waals surface area (Å²) >= 11 is 6.04. The molecule has 1 aromatic carbocycles. The van der Waals surface area contributed by atoms with Crippen LogP contribution in [0.3, 0.4) is 0 Å². The third kappa shape index (κ3) is 1.70. The van der Waals surface area contributed by atoms with Crippen LogP contribution in [0.5, 0.6) is 5.75 Å². The van der Waals surface area contributed by atoms with Crippen LogP contribution in [0.4, 0.5) is 0 Å². The number of hydrogen-bond acceptors (Lipinski definition) is 2. The monoisotopic (exact) mass is 239 g/mol. The zero-order chi connectivity index (χ0) is 11.9. The van der Waals surface area contributed by atoms with Crippen LogP contribution in [-0.4, -0.2) is 13.7 Å². The topological polar surface area (TPSA) is 35.2 Å². The molecule has 2 nitrogen and oxygen atoms in total. The van der Waals surface area contributed by atoms with Crippen LogP contribution in [0, 0.1) is 11.3 Å². The number of methoxy groups -OCH3 is 1. The Morgan fingerprint density at radius 2 is 2.12 bits per heavy atom. The smallest absolute Gasteiger partial charge is 0.122 e. The molecule has 3 heteroatoms. The predicted molar refractivity (Wildman–Crippen MR) is 67.1 cm³/mol. The molecule has 16 heavy (non-hydrogen) atoms. The highest BCUT2D eigenvalue weighted by Crippen LogP contribution is 2.65. The molecule has 2 N–H and O–H groups in total. The van der Waals surface area contributed by atoms with Gasteiger partial charge in [-0.05, 0) is 47.6 Å². The standard InChI is InChI=1S/C13H18ClNO/c1-13(2)10(7-15)12(13)9-6-8(14)4-5-11(9)16-3/h4-6,10,12H,7,15H2,1-3H3/t10-,12-/m0/s1. The van der Waals surface area contributed by atoms with Crippen molar-refractivity contribution in [2.24, 2.45) is 17.1 Å². The molecular weight excluding hydrogens is 222 g/mol. The molecule has 0 radical (unpaired) electrons. The van der Waals surface area contributed by atoms with Gasteiger partial charge in [-0.3, -0.25) is 0 Å². The molecule has 2 rings (SSSR count). The van der Waals surface area contributed by atoms with Gasteiger partial charge in [-0.1, -0.05) is 25.4 Å². The van der Waals surface area contributed by atoms with E-state index >= 15 is 0 Å². The first kappa shape index (κ1) is 11.7. The molecule has 88 valence electrons. The van der Waals surface area contributed by atoms with E-state index in [1.807, 2.05) is 18.2 Å². The second kappa shape index (κ2) is 3.94. The molecule has 0 amide bonds. The predicted octanol–water partition coefficient (Wildman–Crippen LogP) is 3.05. The molecule has 0 heterocycles. The van der Waals surface area contributed by atoms with Gasteiger partial charge in [-0.25, -0.2) is 0 Å². The fourth-order valence-electron chi connectivity index (χ4n) is 2.75. The number of benzene rings is 1. The Balaban J connectivity index is 2.38. The number of nitrogens with two attached hydrogens (primary N) is 1. The lowest BCUT2D eigenvalue weighted by Crippen LogP contribution is -2.05. The molecule has 0 saturated heterocycles. The molecule has 2 atom stereocenters. The van der Waals surface area contributed by atoms with E-state index in [2.05, 4.69) is 13.8 Å². The van der Waals surface area contributed by atoms with Crippen molar-refractivity contribution < 1.29 is 4.74 Å². The first-order valence-corrected chi connectivity index (χ1v) is 5.93. The molecule has 0 aromatic heterocycles. The van der Waals surface area contributed by atoms with Crippen LogP contribution in [0.1, 0.15) is 25.3 Å². The van der Waals surface area contributed by atoms with Gasteiger partial charge in [-0.2, -0.15) is 0 Å². The second-order valence-corrected chi connectivity index (χ2v) is 5.46. The van der Waals surface area contributed by atoms with Crippen LogP contribution >= 0.6 is 11.6 Å². The van der Waals surface area contributed by atoms with Crippen molar-refractivity contribution in [1.29, 1.82) is 0 Å². The van der Waals surface area contributed by atoms with Gasteiger partial charge in [0.05, 0.1) is 7.11 Å². The summed E-state index contributed by atoms with van der Waals surface area (Å²) in [6.45, 7) is 5.21. The maximum absolute atomic E-state index is 6.04. The maximum Gasteiger partial charge on any atom is 0.122 e. The van der Waals surface area contributed by atoms with E-state index in [0.29, 0.717) is 18.4 Å². The van der Waals surface area contributed by atoms with E-state index in [0.717, 1.165) is 10.8 Å². The summed E-state index contributed by atoms with van der Waals surface area (Å²) in [4.78, 5) is 0. The molecule has 1 aliphatic carbocycles. The lowest BCUT2D eigenvalue weighted by molar-refractivity contribution is 0.407.